The first-order chi connectivity index (χ1) is 7.56. The Bertz CT molecular complexity index is 345. The Hall–Kier alpha value is -0.670. The third-order valence-corrected chi connectivity index (χ3v) is 3.03. The van der Waals surface area contributed by atoms with E-state index in [-0.39, 0.29) is 11.8 Å². The zero-order valence-corrected chi connectivity index (χ0v) is 11.5. The predicted molar refractivity (Wildman–Crippen MR) is 70.8 cm³/mol. The molecule has 16 heavy (non-hydrogen) atoms. The van der Waals surface area contributed by atoms with Gasteiger partial charge in [0.2, 0.25) is 0 Å². The molecule has 2 nitrogen and oxygen atoms in total. The van der Waals surface area contributed by atoms with Crippen molar-refractivity contribution in [3.8, 4) is 0 Å². The molecule has 3 heteroatoms. The van der Waals surface area contributed by atoms with E-state index >= 15 is 0 Å². The van der Waals surface area contributed by atoms with Crippen LogP contribution in [0.3, 0.4) is 0 Å². The molecular weight excluding hydrogens is 266 g/mol. The standard InChI is InChI=1S/C13H18BrNO/c1-4-15-12(9(2)3)13(16)10-5-7-11(14)8-6-10/h5-9,12,15H,4H2,1-3H3. The third-order valence-electron chi connectivity index (χ3n) is 2.50. The average Bonchev–Trinajstić information content (AvgIpc) is 2.25. The van der Waals surface area contributed by atoms with Crippen molar-refractivity contribution in [3.63, 3.8) is 0 Å². The molecule has 88 valence electrons. The number of ketones is 1. The Morgan fingerprint density at radius 3 is 2.31 bits per heavy atom. The van der Waals surface area contributed by atoms with E-state index in [1.165, 1.54) is 0 Å². The lowest BCUT2D eigenvalue weighted by molar-refractivity contribution is 0.0918. The quantitative estimate of drug-likeness (QED) is 0.841. The summed E-state index contributed by atoms with van der Waals surface area (Å²) in [7, 11) is 0. The van der Waals surface area contributed by atoms with E-state index in [9.17, 15) is 4.79 Å². The summed E-state index contributed by atoms with van der Waals surface area (Å²) in [5, 5.41) is 3.23. The first-order valence-electron chi connectivity index (χ1n) is 5.59. The van der Waals surface area contributed by atoms with Gasteiger partial charge >= 0.3 is 0 Å². The Kier molecular flexibility index (Phi) is 5.16. The number of likely N-dealkylation sites (N-methyl/N-ethyl adjacent to an activating group) is 1. The van der Waals surface area contributed by atoms with Crippen molar-refractivity contribution >= 4 is 21.7 Å². The molecule has 0 heterocycles. The average molecular weight is 284 g/mol. The number of Topliss-reactive ketones (excluding diaryl/α,β-unsaturated/α-hetero) is 1. The van der Waals surface area contributed by atoms with Crippen LogP contribution >= 0.6 is 15.9 Å². The van der Waals surface area contributed by atoms with Crippen LogP contribution in [-0.2, 0) is 0 Å². The number of carbonyl (C=O) groups excluding carboxylic acids is 1. The van der Waals surface area contributed by atoms with Crippen LogP contribution in [0.4, 0.5) is 0 Å². The van der Waals surface area contributed by atoms with Crippen LogP contribution < -0.4 is 5.32 Å². The smallest absolute Gasteiger partial charge is 0.179 e. The van der Waals surface area contributed by atoms with Gasteiger partial charge in [-0.1, -0.05) is 48.8 Å². The number of halogens is 1. The minimum atomic E-state index is -0.0915. The summed E-state index contributed by atoms with van der Waals surface area (Å²) < 4.78 is 0.994. The molecule has 0 amide bonds. The molecule has 1 aromatic carbocycles. The zero-order chi connectivity index (χ0) is 12.1. The zero-order valence-electron chi connectivity index (χ0n) is 9.96. The van der Waals surface area contributed by atoms with E-state index < -0.39 is 0 Å². The predicted octanol–water partition coefficient (Wildman–Crippen LogP) is 3.27. The van der Waals surface area contributed by atoms with E-state index in [1.54, 1.807) is 0 Å². The lowest BCUT2D eigenvalue weighted by Crippen LogP contribution is -2.40. The monoisotopic (exact) mass is 283 g/mol. The highest BCUT2D eigenvalue weighted by Gasteiger charge is 2.21. The highest BCUT2D eigenvalue weighted by molar-refractivity contribution is 9.10. The number of hydrogen-bond acceptors (Lipinski definition) is 2. The minimum Gasteiger partial charge on any atom is -0.307 e. The number of nitrogens with one attached hydrogen (secondary N) is 1. The van der Waals surface area contributed by atoms with Crippen molar-refractivity contribution in [1.82, 2.24) is 5.32 Å². The lowest BCUT2D eigenvalue weighted by Gasteiger charge is -2.20. The second-order valence-electron chi connectivity index (χ2n) is 4.15. The van der Waals surface area contributed by atoms with E-state index in [4.69, 9.17) is 0 Å². The van der Waals surface area contributed by atoms with Gasteiger partial charge in [0.1, 0.15) is 0 Å². The molecule has 1 unspecified atom stereocenters. The Labute approximate surface area is 106 Å². The first kappa shape index (κ1) is 13.4. The second-order valence-corrected chi connectivity index (χ2v) is 5.07. The van der Waals surface area contributed by atoms with Gasteiger partial charge in [-0.2, -0.15) is 0 Å². The molecule has 1 N–H and O–H groups in total. The summed E-state index contributed by atoms with van der Waals surface area (Å²) in [6.07, 6.45) is 0. The van der Waals surface area contributed by atoms with Crippen LogP contribution in [0.5, 0.6) is 0 Å². The molecule has 1 rings (SSSR count). The van der Waals surface area contributed by atoms with Gasteiger partial charge in [0.05, 0.1) is 6.04 Å². The van der Waals surface area contributed by atoms with Crippen molar-refractivity contribution in [2.24, 2.45) is 5.92 Å². The van der Waals surface area contributed by atoms with Crippen LogP contribution in [-0.4, -0.2) is 18.4 Å². The van der Waals surface area contributed by atoms with E-state index in [2.05, 4.69) is 35.1 Å². The van der Waals surface area contributed by atoms with E-state index in [0.29, 0.717) is 5.92 Å². The van der Waals surface area contributed by atoms with Crippen LogP contribution in [0.1, 0.15) is 31.1 Å². The van der Waals surface area contributed by atoms with Crippen molar-refractivity contribution in [3.05, 3.63) is 34.3 Å². The molecule has 0 saturated carbocycles. The third kappa shape index (κ3) is 3.42. The van der Waals surface area contributed by atoms with Gasteiger partial charge in [-0.3, -0.25) is 4.79 Å². The Morgan fingerprint density at radius 1 is 1.31 bits per heavy atom. The summed E-state index contributed by atoms with van der Waals surface area (Å²) in [5.74, 6) is 0.473. The summed E-state index contributed by atoms with van der Waals surface area (Å²) >= 11 is 3.36. The fourth-order valence-corrected chi connectivity index (χ4v) is 1.91. The normalized spacial score (nSPS) is 12.8. The molecule has 0 aromatic heterocycles. The van der Waals surface area contributed by atoms with E-state index in [0.717, 1.165) is 16.6 Å². The number of rotatable bonds is 5. The maximum Gasteiger partial charge on any atom is 0.179 e. The van der Waals surface area contributed by atoms with Crippen molar-refractivity contribution < 1.29 is 4.79 Å². The van der Waals surface area contributed by atoms with Crippen LogP contribution in [0.25, 0.3) is 0 Å². The fraction of sp³-hybridized carbons (Fsp3) is 0.462. The van der Waals surface area contributed by atoms with E-state index in [1.807, 2.05) is 31.2 Å². The summed E-state index contributed by atoms with van der Waals surface area (Å²) in [4.78, 5) is 12.2. The fourth-order valence-electron chi connectivity index (χ4n) is 1.64. The number of benzene rings is 1. The van der Waals surface area contributed by atoms with Gasteiger partial charge in [-0.05, 0) is 24.6 Å². The summed E-state index contributed by atoms with van der Waals surface area (Å²) in [5.41, 5.74) is 0.767. The van der Waals surface area contributed by atoms with Gasteiger partial charge in [0.25, 0.3) is 0 Å². The van der Waals surface area contributed by atoms with Gasteiger partial charge < -0.3 is 5.32 Å². The van der Waals surface area contributed by atoms with Crippen LogP contribution in [0, 0.1) is 5.92 Å². The molecule has 0 aliphatic carbocycles. The van der Waals surface area contributed by atoms with Crippen LogP contribution in [0.15, 0.2) is 28.7 Å². The number of carbonyl (C=O) groups is 1. The van der Waals surface area contributed by atoms with Gasteiger partial charge in [0, 0.05) is 10.0 Å². The molecule has 0 radical (unpaired) electrons. The molecule has 0 spiro atoms. The van der Waals surface area contributed by atoms with Crippen molar-refractivity contribution in [1.29, 1.82) is 0 Å². The first-order valence-corrected chi connectivity index (χ1v) is 6.38. The van der Waals surface area contributed by atoms with Crippen molar-refractivity contribution in [2.45, 2.75) is 26.8 Å². The highest BCUT2D eigenvalue weighted by atomic mass is 79.9. The molecule has 0 fully saturated rings. The Morgan fingerprint density at radius 2 is 1.88 bits per heavy atom. The topological polar surface area (TPSA) is 29.1 Å². The highest BCUT2D eigenvalue weighted by Crippen LogP contribution is 2.14. The molecule has 0 bridgehead atoms. The maximum atomic E-state index is 12.2. The summed E-state index contributed by atoms with van der Waals surface area (Å²) in [6, 6.07) is 7.43. The number of hydrogen-bond donors (Lipinski definition) is 1. The molecule has 1 aromatic rings. The molecule has 1 atom stereocenters. The second kappa shape index (κ2) is 6.16. The molecule has 0 aliphatic heterocycles. The van der Waals surface area contributed by atoms with Gasteiger partial charge in [0.15, 0.2) is 5.78 Å². The lowest BCUT2D eigenvalue weighted by atomic mass is 9.95. The largest absolute Gasteiger partial charge is 0.307 e. The van der Waals surface area contributed by atoms with Gasteiger partial charge in [-0.15, -0.1) is 0 Å². The SMILES string of the molecule is CCNC(C(=O)c1ccc(Br)cc1)C(C)C. The summed E-state index contributed by atoms with van der Waals surface area (Å²) in [6.45, 7) is 6.95. The van der Waals surface area contributed by atoms with Crippen molar-refractivity contribution in [2.75, 3.05) is 6.54 Å². The Balaban J connectivity index is 2.86. The molecule has 0 aliphatic rings. The van der Waals surface area contributed by atoms with Gasteiger partial charge in [-0.25, -0.2) is 0 Å². The van der Waals surface area contributed by atoms with Crippen LogP contribution in [0.2, 0.25) is 0 Å². The maximum absolute atomic E-state index is 12.2. The molecule has 0 saturated heterocycles. The molecular formula is C13H18BrNO. The minimum absolute atomic E-state index is 0.0915.